The van der Waals surface area contributed by atoms with Gasteiger partial charge in [-0.2, -0.15) is 0 Å². The van der Waals surface area contributed by atoms with Crippen molar-refractivity contribution in [2.45, 2.75) is 25.8 Å². The Balaban J connectivity index is 2.03. The van der Waals surface area contributed by atoms with E-state index in [-0.39, 0.29) is 11.8 Å². The second-order valence-electron chi connectivity index (χ2n) is 5.25. The third-order valence-corrected chi connectivity index (χ3v) is 3.75. The predicted octanol–water partition coefficient (Wildman–Crippen LogP) is 1.51. The number of carbonyl (C=O) groups excluding carboxylic acids is 1. The molecule has 0 radical (unpaired) electrons. The maximum atomic E-state index is 12.7. The van der Waals surface area contributed by atoms with Crippen LogP contribution < -0.4 is 5.73 Å². The number of aromatic nitrogens is 1. The summed E-state index contributed by atoms with van der Waals surface area (Å²) in [5.41, 5.74) is 6.57. The van der Waals surface area contributed by atoms with Crippen molar-refractivity contribution in [1.82, 2.24) is 9.88 Å². The van der Waals surface area contributed by atoms with Gasteiger partial charge in [0.25, 0.3) is 0 Å². The van der Waals surface area contributed by atoms with Gasteiger partial charge in [0.15, 0.2) is 0 Å². The minimum Gasteiger partial charge on any atom is -0.393 e. The van der Waals surface area contributed by atoms with E-state index >= 15 is 0 Å². The summed E-state index contributed by atoms with van der Waals surface area (Å²) in [4.78, 5) is 19.0. The van der Waals surface area contributed by atoms with Crippen LogP contribution in [0.5, 0.6) is 0 Å². The largest absolute Gasteiger partial charge is 0.393 e. The lowest BCUT2D eigenvalue weighted by molar-refractivity contribution is -0.140. The molecule has 1 aliphatic rings. The number of nitrogens with zero attached hydrogens (tertiary/aromatic N) is 2. The zero-order valence-electron chi connectivity index (χ0n) is 12.0. The van der Waals surface area contributed by atoms with Crippen LogP contribution in [0.4, 0.5) is 0 Å². The molecule has 0 aromatic carbocycles. The molecule has 1 amide bonds. The number of carbonyl (C=O) groups is 1. The molecule has 1 saturated heterocycles. The van der Waals surface area contributed by atoms with Crippen LogP contribution in [0.1, 0.15) is 24.8 Å². The van der Waals surface area contributed by atoms with Crippen LogP contribution in [0.2, 0.25) is 0 Å². The number of ether oxygens (including phenoxy) is 1. The lowest BCUT2D eigenvalue weighted by Crippen LogP contribution is -2.40. The summed E-state index contributed by atoms with van der Waals surface area (Å²) in [7, 11) is 0. The van der Waals surface area contributed by atoms with Crippen molar-refractivity contribution in [3.63, 3.8) is 0 Å². The molecule has 0 bridgehead atoms. The Labute approximate surface area is 130 Å². The van der Waals surface area contributed by atoms with Gasteiger partial charge < -0.3 is 15.4 Å². The fourth-order valence-electron chi connectivity index (χ4n) is 2.42. The zero-order chi connectivity index (χ0) is 15.1. The Hall–Kier alpha value is -1.53. The van der Waals surface area contributed by atoms with Gasteiger partial charge in [-0.05, 0) is 24.5 Å². The summed E-state index contributed by atoms with van der Waals surface area (Å²) in [5.74, 6) is 0.0663. The van der Waals surface area contributed by atoms with Crippen molar-refractivity contribution >= 4 is 23.1 Å². The molecule has 0 saturated carbocycles. The average molecular weight is 307 g/mol. The highest BCUT2D eigenvalue weighted by atomic mass is 32.1. The van der Waals surface area contributed by atoms with Crippen LogP contribution >= 0.6 is 12.2 Å². The van der Waals surface area contributed by atoms with E-state index in [4.69, 9.17) is 22.7 Å². The van der Waals surface area contributed by atoms with E-state index in [9.17, 15) is 4.79 Å². The lowest BCUT2D eigenvalue weighted by Gasteiger charge is -2.29. The highest BCUT2D eigenvalue weighted by Gasteiger charge is 2.26. The molecule has 2 heterocycles. The fraction of sp³-hybridized carbons (Fsp3) is 0.533. The van der Waals surface area contributed by atoms with Gasteiger partial charge in [-0.15, -0.1) is 0 Å². The van der Waals surface area contributed by atoms with Crippen molar-refractivity contribution in [2.24, 2.45) is 11.7 Å². The minimum absolute atomic E-state index is 0.0539. The van der Waals surface area contributed by atoms with Crippen molar-refractivity contribution < 1.29 is 9.53 Å². The van der Waals surface area contributed by atoms with E-state index in [0.29, 0.717) is 31.1 Å². The molecule has 1 aromatic rings. The molecule has 2 N–H and O–H groups in total. The maximum absolute atomic E-state index is 12.7. The number of thiocarbonyl (C=S) groups is 1. The molecule has 1 aromatic heterocycles. The summed E-state index contributed by atoms with van der Waals surface area (Å²) >= 11 is 4.92. The third kappa shape index (κ3) is 5.06. The first-order valence-corrected chi connectivity index (χ1v) is 7.61. The van der Waals surface area contributed by atoms with Gasteiger partial charge in [0.1, 0.15) is 0 Å². The van der Waals surface area contributed by atoms with Crippen LogP contribution in [0.15, 0.2) is 24.5 Å². The number of nitrogens with two attached hydrogens (primary N) is 1. The summed E-state index contributed by atoms with van der Waals surface area (Å²) < 4.78 is 5.42. The SMILES string of the molecule is NC(=S)CCN(Cc1cccnc1)C(=O)C1CCCOC1. The Bertz CT molecular complexity index is 475. The monoisotopic (exact) mass is 307 g/mol. The summed E-state index contributed by atoms with van der Waals surface area (Å²) in [5, 5.41) is 0. The normalized spacial score (nSPS) is 18.2. The highest BCUT2D eigenvalue weighted by Crippen LogP contribution is 2.18. The minimum atomic E-state index is -0.0539. The van der Waals surface area contributed by atoms with Crippen LogP contribution in [0, 0.1) is 5.92 Å². The Kier molecular flexibility index (Phi) is 6.07. The average Bonchev–Trinajstić information content (AvgIpc) is 2.52. The molecule has 0 spiro atoms. The van der Waals surface area contributed by atoms with E-state index < -0.39 is 0 Å². The van der Waals surface area contributed by atoms with Crippen molar-refractivity contribution in [3.05, 3.63) is 30.1 Å². The maximum Gasteiger partial charge on any atom is 0.228 e. The van der Waals surface area contributed by atoms with Gasteiger partial charge in [-0.1, -0.05) is 18.3 Å². The first-order chi connectivity index (χ1) is 10.2. The Morgan fingerprint density at radius 1 is 1.57 bits per heavy atom. The summed E-state index contributed by atoms with van der Waals surface area (Å²) in [6.07, 6.45) is 5.86. The van der Waals surface area contributed by atoms with Gasteiger partial charge in [0, 0.05) is 38.5 Å². The van der Waals surface area contributed by atoms with E-state index in [1.807, 2.05) is 17.0 Å². The van der Waals surface area contributed by atoms with Gasteiger partial charge in [-0.3, -0.25) is 9.78 Å². The molecule has 1 atom stereocenters. The molecule has 114 valence electrons. The Morgan fingerprint density at radius 2 is 2.43 bits per heavy atom. The van der Waals surface area contributed by atoms with Crippen molar-refractivity contribution in [1.29, 1.82) is 0 Å². The van der Waals surface area contributed by atoms with Crippen molar-refractivity contribution in [2.75, 3.05) is 19.8 Å². The predicted molar refractivity (Wildman–Crippen MR) is 84.6 cm³/mol. The number of hydrogen-bond donors (Lipinski definition) is 1. The quantitative estimate of drug-likeness (QED) is 0.807. The molecule has 2 rings (SSSR count). The molecule has 1 aliphatic heterocycles. The lowest BCUT2D eigenvalue weighted by atomic mass is 10.0. The van der Waals surface area contributed by atoms with Gasteiger partial charge in [0.2, 0.25) is 5.91 Å². The summed E-state index contributed by atoms with van der Waals surface area (Å²) in [6.45, 7) is 2.33. The van der Waals surface area contributed by atoms with E-state index in [2.05, 4.69) is 4.98 Å². The third-order valence-electron chi connectivity index (χ3n) is 3.55. The molecule has 5 nitrogen and oxygen atoms in total. The molecule has 0 aliphatic carbocycles. The second-order valence-corrected chi connectivity index (χ2v) is 5.78. The zero-order valence-corrected chi connectivity index (χ0v) is 12.8. The first-order valence-electron chi connectivity index (χ1n) is 7.20. The van der Waals surface area contributed by atoms with E-state index in [0.717, 1.165) is 25.0 Å². The topological polar surface area (TPSA) is 68.5 Å². The second kappa shape index (κ2) is 8.05. The number of hydrogen-bond acceptors (Lipinski definition) is 4. The molecule has 6 heteroatoms. The van der Waals surface area contributed by atoms with E-state index in [1.165, 1.54) is 0 Å². The number of amides is 1. The van der Waals surface area contributed by atoms with E-state index in [1.54, 1.807) is 12.4 Å². The van der Waals surface area contributed by atoms with Crippen LogP contribution in [0.3, 0.4) is 0 Å². The standard InChI is InChI=1S/C15H21N3O2S/c16-14(21)5-7-18(10-12-3-1-6-17-9-12)15(19)13-4-2-8-20-11-13/h1,3,6,9,13H,2,4-5,7-8,10-11H2,(H2,16,21). The summed E-state index contributed by atoms with van der Waals surface area (Å²) in [6, 6.07) is 3.83. The van der Waals surface area contributed by atoms with Crippen LogP contribution in [0.25, 0.3) is 0 Å². The van der Waals surface area contributed by atoms with Gasteiger partial charge >= 0.3 is 0 Å². The molecule has 1 fully saturated rings. The molecular formula is C15H21N3O2S. The van der Waals surface area contributed by atoms with Gasteiger partial charge in [0.05, 0.1) is 17.5 Å². The molecule has 21 heavy (non-hydrogen) atoms. The first kappa shape index (κ1) is 15.9. The number of pyridine rings is 1. The fourth-order valence-corrected chi connectivity index (χ4v) is 2.51. The number of rotatable bonds is 6. The molecular weight excluding hydrogens is 286 g/mol. The van der Waals surface area contributed by atoms with Crippen LogP contribution in [-0.4, -0.2) is 40.5 Å². The molecule has 1 unspecified atom stereocenters. The van der Waals surface area contributed by atoms with Gasteiger partial charge in [-0.25, -0.2) is 0 Å². The Morgan fingerprint density at radius 3 is 3.05 bits per heavy atom. The van der Waals surface area contributed by atoms with Crippen LogP contribution in [-0.2, 0) is 16.1 Å². The highest BCUT2D eigenvalue weighted by molar-refractivity contribution is 7.80. The smallest absolute Gasteiger partial charge is 0.228 e. The van der Waals surface area contributed by atoms with Crippen molar-refractivity contribution in [3.8, 4) is 0 Å².